The molecule has 0 bridgehead atoms. The van der Waals surface area contributed by atoms with Gasteiger partial charge in [0.2, 0.25) is 5.91 Å². The van der Waals surface area contributed by atoms with Crippen LogP contribution in [0.25, 0.3) is 0 Å². The maximum atomic E-state index is 12.6. The molecule has 1 heterocycles. The fourth-order valence-electron chi connectivity index (χ4n) is 3.40. The number of unbranched alkanes of at least 4 members (excludes halogenated alkanes) is 1. The predicted molar refractivity (Wildman–Crippen MR) is 102 cm³/mol. The quantitative estimate of drug-likeness (QED) is 0.815. The van der Waals surface area contributed by atoms with E-state index in [1.807, 2.05) is 36.1 Å². The van der Waals surface area contributed by atoms with Gasteiger partial charge in [-0.3, -0.25) is 9.59 Å². The van der Waals surface area contributed by atoms with Gasteiger partial charge in [-0.15, -0.1) is 0 Å². The van der Waals surface area contributed by atoms with Crippen molar-refractivity contribution < 1.29 is 9.59 Å². The van der Waals surface area contributed by atoms with Gasteiger partial charge in [0.1, 0.15) is 0 Å². The second kappa shape index (κ2) is 9.59. The van der Waals surface area contributed by atoms with E-state index in [2.05, 4.69) is 19.2 Å². The van der Waals surface area contributed by atoms with Crippen LogP contribution in [0, 0.1) is 12.8 Å². The lowest BCUT2D eigenvalue weighted by Gasteiger charge is -2.33. The van der Waals surface area contributed by atoms with E-state index < -0.39 is 0 Å². The van der Waals surface area contributed by atoms with Gasteiger partial charge >= 0.3 is 0 Å². The molecule has 0 saturated carbocycles. The average Bonchev–Trinajstić information content (AvgIpc) is 2.63. The van der Waals surface area contributed by atoms with Crippen LogP contribution in [0.4, 0.5) is 0 Å². The summed E-state index contributed by atoms with van der Waals surface area (Å²) in [5.41, 5.74) is 1.91. The highest BCUT2D eigenvalue weighted by Crippen LogP contribution is 2.17. The summed E-state index contributed by atoms with van der Waals surface area (Å²) in [5.74, 6) is 0.422. The van der Waals surface area contributed by atoms with Crippen LogP contribution < -0.4 is 5.32 Å². The van der Waals surface area contributed by atoms with Crippen LogP contribution in [-0.2, 0) is 4.79 Å². The number of hydrogen-bond donors (Lipinski definition) is 1. The Kier molecular flexibility index (Phi) is 7.48. The summed E-state index contributed by atoms with van der Waals surface area (Å²) < 4.78 is 0. The van der Waals surface area contributed by atoms with Gasteiger partial charge in [-0.25, -0.2) is 0 Å². The molecule has 1 unspecified atom stereocenters. The molecule has 0 spiro atoms. The molecule has 0 aliphatic carbocycles. The number of likely N-dealkylation sites (tertiary alicyclic amines) is 1. The molecule has 138 valence electrons. The number of carbonyl (C=O) groups excluding carboxylic acids is 2. The van der Waals surface area contributed by atoms with Crippen LogP contribution in [0.2, 0.25) is 0 Å². The fraction of sp³-hybridized carbons (Fsp3) is 0.619. The van der Waals surface area contributed by atoms with Gasteiger partial charge in [0.25, 0.3) is 5.91 Å². The summed E-state index contributed by atoms with van der Waals surface area (Å²) in [4.78, 5) is 26.9. The highest BCUT2D eigenvalue weighted by Gasteiger charge is 2.26. The number of rotatable bonds is 7. The van der Waals surface area contributed by atoms with Crippen molar-refractivity contribution >= 4 is 11.8 Å². The van der Waals surface area contributed by atoms with Crippen LogP contribution in [0.3, 0.4) is 0 Å². The summed E-state index contributed by atoms with van der Waals surface area (Å²) in [6, 6.07) is 7.93. The average molecular weight is 344 g/mol. The van der Waals surface area contributed by atoms with Crippen LogP contribution in [-0.4, -0.2) is 35.8 Å². The molecule has 1 aliphatic heterocycles. The predicted octanol–water partition coefficient (Wildman–Crippen LogP) is 3.93. The van der Waals surface area contributed by atoms with E-state index in [-0.39, 0.29) is 23.8 Å². The van der Waals surface area contributed by atoms with E-state index in [1.54, 1.807) is 0 Å². The minimum absolute atomic E-state index is 0.0964. The van der Waals surface area contributed by atoms with Crippen LogP contribution in [0.5, 0.6) is 0 Å². The molecule has 1 atom stereocenters. The topological polar surface area (TPSA) is 49.4 Å². The minimum atomic E-state index is 0.0964. The number of benzene rings is 1. The second-order valence-electron chi connectivity index (χ2n) is 7.19. The number of amides is 2. The zero-order valence-corrected chi connectivity index (χ0v) is 15.9. The molecule has 1 fully saturated rings. The molecule has 1 aliphatic rings. The maximum Gasteiger partial charge on any atom is 0.253 e. The number of nitrogens with zero attached hydrogens (tertiary/aromatic N) is 1. The third-order valence-electron chi connectivity index (χ3n) is 5.20. The summed E-state index contributed by atoms with van der Waals surface area (Å²) >= 11 is 0. The maximum absolute atomic E-state index is 12.6. The van der Waals surface area contributed by atoms with Crippen molar-refractivity contribution in [2.24, 2.45) is 5.92 Å². The molecule has 4 nitrogen and oxygen atoms in total. The Bertz CT molecular complexity index is 560. The van der Waals surface area contributed by atoms with Crippen molar-refractivity contribution in [3.8, 4) is 0 Å². The molecule has 1 N–H and O–H groups in total. The van der Waals surface area contributed by atoms with Gasteiger partial charge in [0, 0.05) is 30.6 Å². The smallest absolute Gasteiger partial charge is 0.253 e. The van der Waals surface area contributed by atoms with Crippen molar-refractivity contribution in [2.45, 2.75) is 65.3 Å². The Morgan fingerprint density at radius 3 is 2.36 bits per heavy atom. The first-order chi connectivity index (χ1) is 12.0. The van der Waals surface area contributed by atoms with Gasteiger partial charge in [0.15, 0.2) is 0 Å². The molecule has 1 aromatic rings. The Balaban J connectivity index is 1.81. The summed E-state index contributed by atoms with van der Waals surface area (Å²) in [7, 11) is 0. The number of piperidine rings is 1. The summed E-state index contributed by atoms with van der Waals surface area (Å²) in [5, 5.41) is 3.21. The Labute approximate surface area is 152 Å². The van der Waals surface area contributed by atoms with E-state index in [0.29, 0.717) is 13.1 Å². The lowest BCUT2D eigenvalue weighted by Crippen LogP contribution is -2.47. The van der Waals surface area contributed by atoms with E-state index >= 15 is 0 Å². The van der Waals surface area contributed by atoms with Crippen LogP contribution >= 0.6 is 0 Å². The van der Waals surface area contributed by atoms with E-state index in [0.717, 1.165) is 49.7 Å². The highest BCUT2D eigenvalue weighted by molar-refractivity contribution is 5.94. The normalized spacial score (nSPS) is 16.5. The molecule has 25 heavy (non-hydrogen) atoms. The molecular formula is C21H32N2O2. The van der Waals surface area contributed by atoms with E-state index in [9.17, 15) is 9.59 Å². The van der Waals surface area contributed by atoms with Crippen molar-refractivity contribution in [3.63, 3.8) is 0 Å². The monoisotopic (exact) mass is 344 g/mol. The lowest BCUT2D eigenvalue weighted by molar-refractivity contribution is -0.126. The first-order valence-electron chi connectivity index (χ1n) is 9.71. The molecule has 0 radical (unpaired) electrons. The molecule has 1 aromatic carbocycles. The summed E-state index contributed by atoms with van der Waals surface area (Å²) in [6.07, 6.45) is 5.79. The fourth-order valence-corrected chi connectivity index (χ4v) is 3.40. The molecule has 4 heteroatoms. The SMILES string of the molecule is CCCCC(CC)C(=O)NC1CCN(C(=O)c2ccc(C)cc2)CC1. The number of aryl methyl sites for hydroxylation is 1. The van der Waals surface area contributed by atoms with Gasteiger partial charge in [-0.1, -0.05) is 44.4 Å². The Hall–Kier alpha value is -1.84. The van der Waals surface area contributed by atoms with Crippen LogP contribution in [0.15, 0.2) is 24.3 Å². The molecule has 2 rings (SSSR count). The highest BCUT2D eigenvalue weighted by atomic mass is 16.2. The second-order valence-corrected chi connectivity index (χ2v) is 7.19. The number of hydrogen-bond acceptors (Lipinski definition) is 2. The zero-order chi connectivity index (χ0) is 18.2. The molecule has 1 saturated heterocycles. The zero-order valence-electron chi connectivity index (χ0n) is 15.9. The van der Waals surface area contributed by atoms with Crippen molar-refractivity contribution in [1.29, 1.82) is 0 Å². The Morgan fingerprint density at radius 2 is 1.80 bits per heavy atom. The number of nitrogens with one attached hydrogen (secondary N) is 1. The standard InChI is InChI=1S/C21H32N2O2/c1-4-6-7-17(5-2)20(24)22-19-12-14-23(15-13-19)21(25)18-10-8-16(3)9-11-18/h8-11,17,19H,4-7,12-15H2,1-3H3,(H,22,24). The molecule has 2 amide bonds. The molecule has 0 aromatic heterocycles. The van der Waals surface area contributed by atoms with Gasteiger partial charge < -0.3 is 10.2 Å². The van der Waals surface area contributed by atoms with Crippen molar-refractivity contribution in [3.05, 3.63) is 35.4 Å². The summed E-state index contributed by atoms with van der Waals surface area (Å²) in [6.45, 7) is 7.69. The lowest BCUT2D eigenvalue weighted by atomic mass is 9.96. The van der Waals surface area contributed by atoms with Crippen molar-refractivity contribution in [2.75, 3.05) is 13.1 Å². The molecular weight excluding hydrogens is 312 g/mol. The first kappa shape index (κ1) is 19.5. The van der Waals surface area contributed by atoms with Gasteiger partial charge in [-0.05, 0) is 44.7 Å². The van der Waals surface area contributed by atoms with E-state index in [4.69, 9.17) is 0 Å². The minimum Gasteiger partial charge on any atom is -0.353 e. The van der Waals surface area contributed by atoms with E-state index in [1.165, 1.54) is 0 Å². The Morgan fingerprint density at radius 1 is 1.16 bits per heavy atom. The van der Waals surface area contributed by atoms with Crippen molar-refractivity contribution in [1.82, 2.24) is 10.2 Å². The largest absolute Gasteiger partial charge is 0.353 e. The van der Waals surface area contributed by atoms with Gasteiger partial charge in [0.05, 0.1) is 0 Å². The third-order valence-corrected chi connectivity index (χ3v) is 5.20. The third kappa shape index (κ3) is 5.58. The van der Waals surface area contributed by atoms with Gasteiger partial charge in [-0.2, -0.15) is 0 Å². The van der Waals surface area contributed by atoms with Crippen LogP contribution in [0.1, 0.15) is 68.3 Å². The first-order valence-corrected chi connectivity index (χ1v) is 9.71. The number of carbonyl (C=O) groups is 2.